The number of nitrogens with one attached hydrogen (secondary N) is 1. The minimum Gasteiger partial charge on any atom is -0.392 e. The lowest BCUT2D eigenvalue weighted by molar-refractivity contribution is 0.201. The normalized spacial score (nSPS) is 14.3. The highest BCUT2D eigenvalue weighted by atomic mass is 16.3. The van der Waals surface area contributed by atoms with Crippen molar-refractivity contribution in [1.29, 1.82) is 0 Å². The molecule has 1 rings (SSSR count). The summed E-state index contributed by atoms with van der Waals surface area (Å²) in [4.78, 5) is 2.07. The summed E-state index contributed by atoms with van der Waals surface area (Å²) in [5.41, 5.74) is 2.47. The van der Waals surface area contributed by atoms with E-state index in [4.69, 9.17) is 0 Å². The molecule has 18 heavy (non-hydrogen) atoms. The molecule has 0 aliphatic carbocycles. The second-order valence-electron chi connectivity index (χ2n) is 4.84. The number of benzene rings is 1. The highest BCUT2D eigenvalue weighted by molar-refractivity contribution is 5.47. The number of aliphatic hydroxyl groups is 1. The summed E-state index contributed by atoms with van der Waals surface area (Å²) < 4.78 is 0. The van der Waals surface area contributed by atoms with Crippen LogP contribution >= 0.6 is 0 Å². The first-order valence-corrected chi connectivity index (χ1v) is 6.81. The predicted molar refractivity (Wildman–Crippen MR) is 78.1 cm³/mol. The van der Waals surface area contributed by atoms with E-state index in [9.17, 15) is 5.11 Å². The van der Waals surface area contributed by atoms with Crippen LogP contribution in [0.4, 0.5) is 5.69 Å². The molecule has 2 unspecified atom stereocenters. The molecule has 1 aromatic rings. The summed E-state index contributed by atoms with van der Waals surface area (Å²) in [6.07, 6.45) is 0.788. The van der Waals surface area contributed by atoms with E-state index in [2.05, 4.69) is 48.3 Å². The molecule has 102 valence electrons. The van der Waals surface area contributed by atoms with Crippen molar-refractivity contribution >= 4 is 5.69 Å². The van der Waals surface area contributed by atoms with Crippen LogP contribution in [0.2, 0.25) is 0 Å². The Kier molecular flexibility index (Phi) is 6.16. The Labute approximate surface area is 111 Å². The number of anilines is 1. The van der Waals surface area contributed by atoms with Crippen LogP contribution in [0, 0.1) is 0 Å². The summed E-state index contributed by atoms with van der Waals surface area (Å²) in [5.74, 6) is 0. The van der Waals surface area contributed by atoms with Crippen molar-refractivity contribution in [2.75, 3.05) is 25.0 Å². The van der Waals surface area contributed by atoms with Crippen LogP contribution in [0.1, 0.15) is 38.8 Å². The zero-order chi connectivity index (χ0) is 13.5. The third kappa shape index (κ3) is 4.31. The third-order valence-corrected chi connectivity index (χ3v) is 3.13. The molecule has 0 saturated carbocycles. The molecule has 3 nitrogen and oxygen atoms in total. The van der Waals surface area contributed by atoms with Crippen molar-refractivity contribution in [2.45, 2.75) is 39.3 Å². The molecule has 1 aromatic carbocycles. The Hall–Kier alpha value is -1.06. The number of likely N-dealkylation sites (N-methyl/N-ethyl adjacent to an activating group) is 1. The van der Waals surface area contributed by atoms with Crippen LogP contribution in [-0.4, -0.2) is 31.3 Å². The van der Waals surface area contributed by atoms with Crippen LogP contribution < -0.4 is 10.2 Å². The van der Waals surface area contributed by atoms with Crippen LogP contribution in [0.25, 0.3) is 0 Å². The Morgan fingerprint density at radius 2 is 1.83 bits per heavy atom. The van der Waals surface area contributed by atoms with Crippen LogP contribution in [0.3, 0.4) is 0 Å². The molecule has 0 fully saturated rings. The summed E-state index contributed by atoms with van der Waals surface area (Å²) in [5, 5.41) is 12.9. The monoisotopic (exact) mass is 250 g/mol. The lowest BCUT2D eigenvalue weighted by Crippen LogP contribution is -2.26. The van der Waals surface area contributed by atoms with Gasteiger partial charge in [-0.3, -0.25) is 0 Å². The second kappa shape index (κ2) is 7.39. The molecule has 0 radical (unpaired) electrons. The maximum absolute atomic E-state index is 9.38. The molecule has 0 aliphatic rings. The van der Waals surface area contributed by atoms with Crippen molar-refractivity contribution in [1.82, 2.24) is 5.32 Å². The van der Waals surface area contributed by atoms with Crippen molar-refractivity contribution in [3.63, 3.8) is 0 Å². The van der Waals surface area contributed by atoms with Gasteiger partial charge in [-0.25, -0.2) is 0 Å². The van der Waals surface area contributed by atoms with E-state index in [0.717, 1.165) is 18.7 Å². The van der Waals surface area contributed by atoms with Gasteiger partial charge in [-0.15, -0.1) is 0 Å². The molecule has 0 amide bonds. The lowest BCUT2D eigenvalue weighted by atomic mass is 10.0. The minimum absolute atomic E-state index is 0.306. The highest BCUT2D eigenvalue weighted by Gasteiger charge is 2.09. The summed E-state index contributed by atoms with van der Waals surface area (Å²) in [6.45, 7) is 7.78. The quantitative estimate of drug-likeness (QED) is 0.780. The molecule has 2 atom stereocenters. The van der Waals surface area contributed by atoms with Gasteiger partial charge in [0, 0.05) is 25.3 Å². The highest BCUT2D eigenvalue weighted by Crippen LogP contribution is 2.20. The van der Waals surface area contributed by atoms with E-state index in [1.165, 1.54) is 5.56 Å². The topological polar surface area (TPSA) is 35.5 Å². The maximum Gasteiger partial charge on any atom is 0.0686 e. The van der Waals surface area contributed by atoms with E-state index in [-0.39, 0.29) is 6.10 Å². The number of aliphatic hydroxyl groups excluding tert-OH is 1. The smallest absolute Gasteiger partial charge is 0.0686 e. The molecule has 2 N–H and O–H groups in total. The number of rotatable bonds is 7. The van der Waals surface area contributed by atoms with Crippen molar-refractivity contribution in [3.8, 4) is 0 Å². The van der Waals surface area contributed by atoms with Crippen LogP contribution in [0.15, 0.2) is 24.3 Å². The SMILES string of the molecule is CCNC(CC)c1ccc(N(C)CC(C)O)cc1. The molecule has 0 aliphatic heterocycles. The van der Waals surface area contributed by atoms with Gasteiger partial charge >= 0.3 is 0 Å². The molecular weight excluding hydrogens is 224 g/mol. The standard InChI is InChI=1S/C15H26N2O/c1-5-15(16-6-2)13-7-9-14(10-8-13)17(4)11-12(3)18/h7-10,12,15-16,18H,5-6,11H2,1-4H3. The molecule has 0 heterocycles. The van der Waals surface area contributed by atoms with Crippen LogP contribution in [-0.2, 0) is 0 Å². The fourth-order valence-corrected chi connectivity index (χ4v) is 2.21. The van der Waals surface area contributed by atoms with Gasteiger partial charge in [0.05, 0.1) is 6.10 Å². The van der Waals surface area contributed by atoms with E-state index in [1.807, 2.05) is 14.0 Å². The van der Waals surface area contributed by atoms with Crippen molar-refractivity contribution in [3.05, 3.63) is 29.8 Å². The fraction of sp³-hybridized carbons (Fsp3) is 0.600. The minimum atomic E-state index is -0.306. The van der Waals surface area contributed by atoms with Gasteiger partial charge in [-0.1, -0.05) is 26.0 Å². The van der Waals surface area contributed by atoms with Gasteiger partial charge in [-0.05, 0) is 37.6 Å². The number of nitrogens with zero attached hydrogens (tertiary/aromatic N) is 1. The first kappa shape index (κ1) is 15.0. The van der Waals surface area contributed by atoms with E-state index in [0.29, 0.717) is 12.6 Å². The van der Waals surface area contributed by atoms with Gasteiger partial charge in [0.1, 0.15) is 0 Å². The number of hydrogen-bond acceptors (Lipinski definition) is 3. The molecule has 0 saturated heterocycles. The van der Waals surface area contributed by atoms with Gasteiger partial charge in [-0.2, -0.15) is 0 Å². The summed E-state index contributed by atoms with van der Waals surface area (Å²) in [6, 6.07) is 9.02. The van der Waals surface area contributed by atoms with Crippen LogP contribution in [0.5, 0.6) is 0 Å². The van der Waals surface area contributed by atoms with Gasteiger partial charge in [0.2, 0.25) is 0 Å². The average molecular weight is 250 g/mol. The maximum atomic E-state index is 9.38. The van der Waals surface area contributed by atoms with Gasteiger partial charge in [0.25, 0.3) is 0 Å². The van der Waals surface area contributed by atoms with Gasteiger partial charge in [0.15, 0.2) is 0 Å². The Morgan fingerprint density at radius 1 is 1.22 bits per heavy atom. The third-order valence-electron chi connectivity index (χ3n) is 3.13. The first-order chi connectivity index (χ1) is 8.58. The van der Waals surface area contributed by atoms with Crippen molar-refractivity contribution < 1.29 is 5.11 Å². The lowest BCUT2D eigenvalue weighted by Gasteiger charge is -2.22. The zero-order valence-corrected chi connectivity index (χ0v) is 12.0. The number of hydrogen-bond donors (Lipinski definition) is 2. The average Bonchev–Trinajstić information content (AvgIpc) is 2.35. The zero-order valence-electron chi connectivity index (χ0n) is 12.0. The second-order valence-corrected chi connectivity index (χ2v) is 4.84. The Morgan fingerprint density at radius 3 is 2.28 bits per heavy atom. The first-order valence-electron chi connectivity index (χ1n) is 6.81. The van der Waals surface area contributed by atoms with E-state index in [1.54, 1.807) is 0 Å². The predicted octanol–water partition coefficient (Wildman–Crippen LogP) is 2.56. The Balaban J connectivity index is 2.72. The largest absolute Gasteiger partial charge is 0.392 e. The van der Waals surface area contributed by atoms with E-state index >= 15 is 0 Å². The van der Waals surface area contributed by atoms with Crippen molar-refractivity contribution in [2.24, 2.45) is 0 Å². The molecule has 0 aromatic heterocycles. The summed E-state index contributed by atoms with van der Waals surface area (Å²) in [7, 11) is 2.00. The Bertz CT molecular complexity index is 335. The molecular formula is C15H26N2O. The van der Waals surface area contributed by atoms with E-state index < -0.39 is 0 Å². The van der Waals surface area contributed by atoms with Gasteiger partial charge < -0.3 is 15.3 Å². The molecule has 3 heteroatoms. The molecule has 0 bridgehead atoms. The summed E-state index contributed by atoms with van der Waals surface area (Å²) >= 11 is 0. The fourth-order valence-electron chi connectivity index (χ4n) is 2.21. The molecule has 0 spiro atoms.